The zero-order valence-electron chi connectivity index (χ0n) is 17.7. The van der Waals surface area contributed by atoms with Crippen LogP contribution in [0.5, 0.6) is 0 Å². The minimum Gasteiger partial charge on any atom is -0.368 e. The van der Waals surface area contributed by atoms with Crippen LogP contribution in [0.2, 0.25) is 5.02 Å². The molecule has 0 unspecified atom stereocenters. The number of nitrogens with one attached hydrogen (secondary N) is 2. The molecule has 0 bridgehead atoms. The van der Waals surface area contributed by atoms with Crippen LogP contribution in [0, 0.1) is 5.41 Å². The number of piperazine rings is 1. The number of carbonyl (C=O) groups is 2. The lowest BCUT2D eigenvalue weighted by atomic mass is 9.91. The summed E-state index contributed by atoms with van der Waals surface area (Å²) in [5.74, 6) is 0.230. The Morgan fingerprint density at radius 2 is 1.37 bits per heavy atom. The molecule has 0 aliphatic carbocycles. The molecule has 3 rings (SSSR count). The van der Waals surface area contributed by atoms with Gasteiger partial charge < -0.3 is 20.4 Å². The number of urea groups is 1. The topological polar surface area (TPSA) is 64.7 Å². The quantitative estimate of drug-likeness (QED) is 0.714. The first-order valence-electron chi connectivity index (χ1n) is 10.2. The highest BCUT2D eigenvalue weighted by molar-refractivity contribution is 6.30. The second kappa shape index (κ2) is 9.39. The molecular formula is C23H29ClN4O2. The molecule has 0 atom stereocenters. The van der Waals surface area contributed by atoms with Crippen molar-refractivity contribution in [2.24, 2.45) is 5.41 Å². The highest BCUT2D eigenvalue weighted by Gasteiger charge is 2.24. The summed E-state index contributed by atoms with van der Waals surface area (Å²) < 4.78 is 0. The van der Waals surface area contributed by atoms with E-state index in [1.54, 1.807) is 24.3 Å². The Labute approximate surface area is 183 Å². The van der Waals surface area contributed by atoms with Crippen molar-refractivity contribution in [3.05, 3.63) is 53.6 Å². The van der Waals surface area contributed by atoms with Gasteiger partial charge in [0.1, 0.15) is 0 Å². The van der Waals surface area contributed by atoms with Gasteiger partial charge in [-0.2, -0.15) is 0 Å². The van der Waals surface area contributed by atoms with Gasteiger partial charge in [0.05, 0.1) is 0 Å². The Kier molecular flexibility index (Phi) is 6.87. The van der Waals surface area contributed by atoms with E-state index in [0.717, 1.165) is 31.9 Å². The molecule has 1 fully saturated rings. The van der Waals surface area contributed by atoms with Crippen LogP contribution in [-0.2, 0) is 4.79 Å². The number of amides is 3. The molecule has 160 valence electrons. The third-order valence-corrected chi connectivity index (χ3v) is 5.16. The normalized spacial score (nSPS) is 14.4. The summed E-state index contributed by atoms with van der Waals surface area (Å²) in [4.78, 5) is 28.8. The van der Waals surface area contributed by atoms with Gasteiger partial charge in [-0.25, -0.2) is 4.79 Å². The fourth-order valence-corrected chi connectivity index (χ4v) is 3.49. The molecule has 2 aromatic rings. The van der Waals surface area contributed by atoms with Crippen molar-refractivity contribution in [1.82, 2.24) is 4.90 Å². The Bertz CT molecular complexity index is 868. The fraction of sp³-hybridized carbons (Fsp3) is 0.391. The van der Waals surface area contributed by atoms with Crippen molar-refractivity contribution in [2.45, 2.75) is 27.2 Å². The average molecular weight is 429 g/mol. The maximum atomic E-state index is 12.4. The Morgan fingerprint density at radius 3 is 1.87 bits per heavy atom. The van der Waals surface area contributed by atoms with Crippen LogP contribution in [0.25, 0.3) is 0 Å². The van der Waals surface area contributed by atoms with E-state index in [9.17, 15) is 9.59 Å². The smallest absolute Gasteiger partial charge is 0.323 e. The van der Waals surface area contributed by atoms with E-state index in [0.29, 0.717) is 22.8 Å². The molecule has 7 heteroatoms. The Hall–Kier alpha value is -2.73. The first-order valence-corrected chi connectivity index (χ1v) is 10.5. The van der Waals surface area contributed by atoms with Crippen LogP contribution in [0.4, 0.5) is 21.9 Å². The van der Waals surface area contributed by atoms with Gasteiger partial charge in [0.25, 0.3) is 0 Å². The molecule has 30 heavy (non-hydrogen) atoms. The number of hydrogen-bond acceptors (Lipinski definition) is 3. The van der Waals surface area contributed by atoms with Gasteiger partial charge in [0, 0.05) is 54.7 Å². The predicted octanol–water partition coefficient (Wildman–Crippen LogP) is 5.07. The highest BCUT2D eigenvalue weighted by Crippen LogP contribution is 2.23. The molecule has 0 aromatic heterocycles. The van der Waals surface area contributed by atoms with Gasteiger partial charge in [-0.3, -0.25) is 4.79 Å². The third kappa shape index (κ3) is 6.39. The van der Waals surface area contributed by atoms with E-state index < -0.39 is 0 Å². The number of halogens is 1. The molecule has 0 spiro atoms. The predicted molar refractivity (Wildman–Crippen MR) is 123 cm³/mol. The summed E-state index contributed by atoms with van der Waals surface area (Å²) in [5, 5.41) is 6.22. The van der Waals surface area contributed by atoms with Crippen LogP contribution in [0.15, 0.2) is 48.5 Å². The minimum absolute atomic E-state index is 0.0108. The molecule has 3 amide bonds. The Balaban J connectivity index is 1.49. The largest absolute Gasteiger partial charge is 0.368 e. The molecule has 0 saturated carbocycles. The molecule has 0 radical (unpaired) electrons. The van der Waals surface area contributed by atoms with Crippen molar-refractivity contribution in [2.75, 3.05) is 41.7 Å². The highest BCUT2D eigenvalue weighted by atomic mass is 35.5. The summed E-state index contributed by atoms with van der Waals surface area (Å²) >= 11 is 5.85. The number of rotatable bonds is 4. The van der Waals surface area contributed by atoms with Crippen molar-refractivity contribution >= 4 is 40.6 Å². The number of nitrogens with zero attached hydrogens (tertiary/aromatic N) is 2. The van der Waals surface area contributed by atoms with Crippen molar-refractivity contribution in [1.29, 1.82) is 0 Å². The average Bonchev–Trinajstić information content (AvgIpc) is 2.69. The maximum absolute atomic E-state index is 12.4. The van der Waals surface area contributed by atoms with Gasteiger partial charge in [-0.05, 0) is 53.9 Å². The van der Waals surface area contributed by atoms with E-state index in [2.05, 4.69) is 36.3 Å². The van der Waals surface area contributed by atoms with Crippen molar-refractivity contribution in [3.63, 3.8) is 0 Å². The summed E-state index contributed by atoms with van der Waals surface area (Å²) in [5.41, 5.74) is 2.48. The molecule has 2 N–H and O–H groups in total. The minimum atomic E-state index is -0.309. The van der Waals surface area contributed by atoms with Gasteiger partial charge in [-0.1, -0.05) is 32.4 Å². The molecular weight excluding hydrogens is 400 g/mol. The van der Waals surface area contributed by atoms with E-state index in [1.165, 1.54) is 0 Å². The maximum Gasteiger partial charge on any atom is 0.323 e. The van der Waals surface area contributed by atoms with Gasteiger partial charge in [-0.15, -0.1) is 0 Å². The molecule has 2 aromatic carbocycles. The second-order valence-electron chi connectivity index (χ2n) is 8.74. The first kappa shape index (κ1) is 22.0. The van der Waals surface area contributed by atoms with E-state index in [-0.39, 0.29) is 17.4 Å². The SMILES string of the molecule is CC(C)(C)CC(=O)N1CCN(c2ccc(NC(=O)Nc3ccc(Cl)cc3)cc2)CC1. The summed E-state index contributed by atoms with van der Waals surface area (Å²) in [7, 11) is 0. The van der Waals surface area contributed by atoms with Crippen LogP contribution in [-0.4, -0.2) is 43.0 Å². The Morgan fingerprint density at radius 1 is 0.867 bits per heavy atom. The monoisotopic (exact) mass is 428 g/mol. The molecule has 1 aliphatic heterocycles. The zero-order chi connectivity index (χ0) is 21.7. The van der Waals surface area contributed by atoms with E-state index in [1.807, 2.05) is 29.2 Å². The van der Waals surface area contributed by atoms with Crippen LogP contribution >= 0.6 is 11.6 Å². The lowest BCUT2D eigenvalue weighted by molar-refractivity contribution is -0.133. The molecule has 1 heterocycles. The third-order valence-electron chi connectivity index (χ3n) is 4.91. The summed E-state index contributed by atoms with van der Waals surface area (Å²) in [6.07, 6.45) is 0.575. The number of hydrogen-bond donors (Lipinski definition) is 2. The van der Waals surface area contributed by atoms with E-state index >= 15 is 0 Å². The van der Waals surface area contributed by atoms with Crippen LogP contribution in [0.1, 0.15) is 27.2 Å². The second-order valence-corrected chi connectivity index (χ2v) is 9.17. The molecule has 1 aliphatic rings. The van der Waals surface area contributed by atoms with Crippen LogP contribution in [0.3, 0.4) is 0 Å². The number of anilines is 3. The zero-order valence-corrected chi connectivity index (χ0v) is 18.5. The fourth-order valence-electron chi connectivity index (χ4n) is 3.36. The lowest BCUT2D eigenvalue weighted by Gasteiger charge is -2.37. The van der Waals surface area contributed by atoms with Crippen molar-refractivity contribution in [3.8, 4) is 0 Å². The van der Waals surface area contributed by atoms with Crippen molar-refractivity contribution < 1.29 is 9.59 Å². The molecule has 1 saturated heterocycles. The van der Waals surface area contributed by atoms with E-state index in [4.69, 9.17) is 11.6 Å². The number of benzene rings is 2. The standard InChI is InChI=1S/C23H29ClN4O2/c1-23(2,3)16-21(29)28-14-12-27(13-15-28)20-10-8-19(9-11-20)26-22(30)25-18-6-4-17(24)5-7-18/h4-11H,12-16H2,1-3H3,(H2,25,26,30). The summed E-state index contributed by atoms with van der Waals surface area (Å²) in [6, 6.07) is 14.4. The first-order chi connectivity index (χ1) is 14.2. The van der Waals surface area contributed by atoms with Gasteiger partial charge in [0.2, 0.25) is 5.91 Å². The number of carbonyl (C=O) groups excluding carboxylic acids is 2. The lowest BCUT2D eigenvalue weighted by Crippen LogP contribution is -2.49. The van der Waals surface area contributed by atoms with Crippen LogP contribution < -0.4 is 15.5 Å². The van der Waals surface area contributed by atoms with Gasteiger partial charge in [0.15, 0.2) is 0 Å². The van der Waals surface area contributed by atoms with Gasteiger partial charge >= 0.3 is 6.03 Å². The molecule has 6 nitrogen and oxygen atoms in total. The summed E-state index contributed by atoms with van der Waals surface area (Å²) in [6.45, 7) is 9.35.